The summed E-state index contributed by atoms with van der Waals surface area (Å²) in [7, 11) is 0. The molecule has 2 N–H and O–H groups in total. The van der Waals surface area contributed by atoms with Crippen molar-refractivity contribution >= 4 is 17.5 Å². The van der Waals surface area contributed by atoms with Crippen molar-refractivity contribution in [1.82, 2.24) is 9.97 Å². The van der Waals surface area contributed by atoms with Crippen LogP contribution in [-0.4, -0.2) is 35.1 Å². The lowest BCUT2D eigenvalue weighted by molar-refractivity contribution is -0.137. The minimum atomic E-state index is -4.41. The zero-order valence-corrected chi connectivity index (χ0v) is 13.7. The second-order valence-corrected chi connectivity index (χ2v) is 5.84. The van der Waals surface area contributed by atoms with Crippen LogP contribution in [0.3, 0.4) is 0 Å². The first kappa shape index (κ1) is 18.1. The molecule has 1 amide bonds. The van der Waals surface area contributed by atoms with Crippen molar-refractivity contribution in [2.45, 2.75) is 25.1 Å². The monoisotopic (exact) mass is 366 g/mol. The van der Waals surface area contributed by atoms with Crippen molar-refractivity contribution < 1.29 is 22.7 Å². The number of rotatable bonds is 5. The number of benzene rings is 1. The van der Waals surface area contributed by atoms with E-state index in [0.29, 0.717) is 12.5 Å². The van der Waals surface area contributed by atoms with Gasteiger partial charge in [0.2, 0.25) is 5.95 Å². The summed E-state index contributed by atoms with van der Waals surface area (Å²) in [6, 6.07) is 4.20. The van der Waals surface area contributed by atoms with Gasteiger partial charge < -0.3 is 15.4 Å². The Labute approximate surface area is 147 Å². The van der Waals surface area contributed by atoms with Gasteiger partial charge in [-0.15, -0.1) is 0 Å². The van der Waals surface area contributed by atoms with Crippen LogP contribution in [0, 0.1) is 0 Å². The Morgan fingerprint density at radius 1 is 1.19 bits per heavy atom. The summed E-state index contributed by atoms with van der Waals surface area (Å²) in [6.07, 6.45) is 0.454. The highest BCUT2D eigenvalue weighted by atomic mass is 19.4. The largest absolute Gasteiger partial charge is 0.416 e. The lowest BCUT2D eigenvalue weighted by Crippen LogP contribution is -2.20. The van der Waals surface area contributed by atoms with Gasteiger partial charge in [-0.05, 0) is 37.1 Å². The maximum atomic E-state index is 12.5. The summed E-state index contributed by atoms with van der Waals surface area (Å²) in [6.45, 7) is 1.35. The van der Waals surface area contributed by atoms with Crippen molar-refractivity contribution in [3.8, 4) is 0 Å². The van der Waals surface area contributed by atoms with E-state index in [1.165, 1.54) is 24.5 Å². The normalized spacial score (nSPS) is 17.1. The molecule has 3 rings (SSSR count). The third-order valence-corrected chi connectivity index (χ3v) is 3.90. The van der Waals surface area contributed by atoms with Crippen LogP contribution in [0.1, 0.15) is 28.8 Å². The number of amides is 1. The van der Waals surface area contributed by atoms with Gasteiger partial charge in [-0.25, -0.2) is 9.97 Å². The number of halogens is 3. The molecule has 0 saturated carbocycles. The predicted octanol–water partition coefficient (Wildman–Crippen LogP) is 3.34. The van der Waals surface area contributed by atoms with Crippen LogP contribution < -0.4 is 10.6 Å². The minimum absolute atomic E-state index is 0.140. The number of anilines is 2. The van der Waals surface area contributed by atoms with Gasteiger partial charge in [0.15, 0.2) is 0 Å². The summed E-state index contributed by atoms with van der Waals surface area (Å²) in [5.41, 5.74) is -0.323. The van der Waals surface area contributed by atoms with Crippen LogP contribution in [0.5, 0.6) is 0 Å². The molecule has 0 spiro atoms. The van der Waals surface area contributed by atoms with Gasteiger partial charge in [-0.3, -0.25) is 4.79 Å². The number of hydrogen-bond acceptors (Lipinski definition) is 5. The van der Waals surface area contributed by atoms with Crippen molar-refractivity contribution in [2.75, 3.05) is 23.8 Å². The van der Waals surface area contributed by atoms with Crippen molar-refractivity contribution in [3.63, 3.8) is 0 Å². The molecule has 1 unspecified atom stereocenters. The van der Waals surface area contributed by atoms with Crippen LogP contribution in [0.15, 0.2) is 36.7 Å². The Morgan fingerprint density at radius 2 is 1.88 bits per heavy atom. The number of carbonyl (C=O) groups excluding carboxylic acids is 1. The van der Waals surface area contributed by atoms with Crippen LogP contribution in [0.25, 0.3) is 0 Å². The van der Waals surface area contributed by atoms with Gasteiger partial charge >= 0.3 is 6.18 Å². The molecular formula is C17H17F3N4O2. The first-order chi connectivity index (χ1) is 12.4. The SMILES string of the molecule is O=C(Nc1ccc(C(F)(F)F)cc1)c1cnc(NCC2CCCO2)nc1. The Kier molecular flexibility index (Phi) is 5.36. The lowest BCUT2D eigenvalue weighted by atomic mass is 10.2. The molecule has 1 saturated heterocycles. The predicted molar refractivity (Wildman–Crippen MR) is 88.9 cm³/mol. The number of ether oxygens (including phenoxy) is 1. The van der Waals surface area contributed by atoms with E-state index in [2.05, 4.69) is 20.6 Å². The van der Waals surface area contributed by atoms with E-state index < -0.39 is 17.6 Å². The number of hydrogen-bond donors (Lipinski definition) is 2. The summed E-state index contributed by atoms with van der Waals surface area (Å²) in [4.78, 5) is 20.2. The van der Waals surface area contributed by atoms with Gasteiger partial charge in [0.05, 0.1) is 17.2 Å². The quantitative estimate of drug-likeness (QED) is 0.849. The van der Waals surface area contributed by atoms with Gasteiger partial charge in [0, 0.05) is 31.2 Å². The maximum absolute atomic E-state index is 12.5. The van der Waals surface area contributed by atoms with Gasteiger partial charge in [0.1, 0.15) is 0 Å². The Morgan fingerprint density at radius 3 is 2.46 bits per heavy atom. The number of aromatic nitrogens is 2. The molecule has 0 bridgehead atoms. The van der Waals surface area contributed by atoms with Crippen molar-refractivity contribution in [1.29, 1.82) is 0 Å². The summed E-state index contributed by atoms with van der Waals surface area (Å²) >= 11 is 0. The van der Waals surface area contributed by atoms with Crippen molar-refractivity contribution in [3.05, 3.63) is 47.8 Å². The first-order valence-corrected chi connectivity index (χ1v) is 8.08. The average Bonchev–Trinajstić information content (AvgIpc) is 3.13. The number of nitrogens with one attached hydrogen (secondary N) is 2. The van der Waals surface area contributed by atoms with Crippen LogP contribution in [0.2, 0.25) is 0 Å². The average molecular weight is 366 g/mol. The van der Waals surface area contributed by atoms with Gasteiger partial charge in [0.25, 0.3) is 5.91 Å². The second kappa shape index (κ2) is 7.69. The highest BCUT2D eigenvalue weighted by Gasteiger charge is 2.30. The van der Waals surface area contributed by atoms with E-state index in [9.17, 15) is 18.0 Å². The molecule has 6 nitrogen and oxygen atoms in total. The molecule has 0 aliphatic carbocycles. The topological polar surface area (TPSA) is 76.1 Å². The van der Waals surface area contributed by atoms with Crippen LogP contribution >= 0.6 is 0 Å². The Balaban J connectivity index is 1.55. The fraction of sp³-hybridized carbons (Fsp3) is 0.353. The van der Waals surface area contributed by atoms with Gasteiger partial charge in [-0.1, -0.05) is 0 Å². The van der Waals surface area contributed by atoms with Gasteiger partial charge in [-0.2, -0.15) is 13.2 Å². The molecule has 1 fully saturated rings. The Bertz CT molecular complexity index is 742. The molecule has 26 heavy (non-hydrogen) atoms. The zero-order chi connectivity index (χ0) is 18.6. The third kappa shape index (κ3) is 4.69. The summed E-state index contributed by atoms with van der Waals surface area (Å²) < 4.78 is 43.1. The molecular weight excluding hydrogens is 349 g/mol. The highest BCUT2D eigenvalue weighted by Crippen LogP contribution is 2.29. The van der Waals surface area contributed by atoms with E-state index in [0.717, 1.165) is 31.6 Å². The second-order valence-electron chi connectivity index (χ2n) is 5.84. The van der Waals surface area contributed by atoms with Crippen molar-refractivity contribution in [2.24, 2.45) is 0 Å². The molecule has 0 radical (unpaired) electrons. The molecule has 2 aromatic rings. The van der Waals surface area contributed by atoms with E-state index in [1.54, 1.807) is 0 Å². The molecule has 1 aliphatic rings. The molecule has 9 heteroatoms. The Hall–Kier alpha value is -2.68. The third-order valence-electron chi connectivity index (χ3n) is 3.90. The zero-order valence-electron chi connectivity index (χ0n) is 13.7. The number of nitrogens with zero attached hydrogens (tertiary/aromatic N) is 2. The van der Waals surface area contributed by atoms with E-state index in [4.69, 9.17) is 4.74 Å². The fourth-order valence-electron chi connectivity index (χ4n) is 2.49. The molecule has 1 aromatic carbocycles. The fourth-order valence-corrected chi connectivity index (χ4v) is 2.49. The minimum Gasteiger partial charge on any atom is -0.376 e. The molecule has 2 heterocycles. The summed E-state index contributed by atoms with van der Waals surface area (Å²) in [5, 5.41) is 5.54. The lowest BCUT2D eigenvalue weighted by Gasteiger charge is -2.11. The molecule has 1 atom stereocenters. The molecule has 1 aromatic heterocycles. The van der Waals surface area contributed by atoms with Crippen LogP contribution in [-0.2, 0) is 10.9 Å². The smallest absolute Gasteiger partial charge is 0.376 e. The van der Waals surface area contributed by atoms with E-state index in [-0.39, 0.29) is 17.4 Å². The van der Waals surface area contributed by atoms with E-state index >= 15 is 0 Å². The number of carbonyl (C=O) groups is 1. The molecule has 138 valence electrons. The number of alkyl halides is 3. The first-order valence-electron chi connectivity index (χ1n) is 8.08. The standard InChI is InChI=1S/C17H17F3N4O2/c18-17(19,20)12-3-5-13(6-4-12)24-15(25)11-8-21-16(22-9-11)23-10-14-2-1-7-26-14/h3-6,8-9,14H,1-2,7,10H2,(H,24,25)(H,21,22,23). The summed E-state index contributed by atoms with van der Waals surface area (Å²) in [5.74, 6) is -0.123. The van der Waals surface area contributed by atoms with E-state index in [1.807, 2.05) is 0 Å². The van der Waals surface area contributed by atoms with Crippen LogP contribution in [0.4, 0.5) is 24.8 Å². The maximum Gasteiger partial charge on any atom is 0.416 e. The molecule has 1 aliphatic heterocycles. The highest BCUT2D eigenvalue weighted by molar-refractivity contribution is 6.03.